The lowest BCUT2D eigenvalue weighted by molar-refractivity contribution is 0.0726. The second-order valence-corrected chi connectivity index (χ2v) is 7.24. The van der Waals surface area contributed by atoms with Crippen LogP contribution in [0.25, 0.3) is 0 Å². The SMILES string of the molecule is COc1cccc(OC)c1C(=O)N1CCc2nc(C3CCNCC3)ncc2C1. The summed E-state index contributed by atoms with van der Waals surface area (Å²) >= 11 is 0. The van der Waals surface area contributed by atoms with Crippen molar-refractivity contribution < 1.29 is 14.3 Å². The number of fused-ring (bicyclic) bond motifs is 1. The molecule has 1 fully saturated rings. The van der Waals surface area contributed by atoms with Crippen molar-refractivity contribution in [3.05, 3.63) is 47.0 Å². The van der Waals surface area contributed by atoms with E-state index >= 15 is 0 Å². The van der Waals surface area contributed by atoms with Crippen LogP contribution in [-0.2, 0) is 13.0 Å². The van der Waals surface area contributed by atoms with Crippen molar-refractivity contribution in [2.75, 3.05) is 33.9 Å². The first-order chi connectivity index (χ1) is 13.7. The second-order valence-electron chi connectivity index (χ2n) is 7.24. The van der Waals surface area contributed by atoms with Gasteiger partial charge in [-0.15, -0.1) is 0 Å². The lowest BCUT2D eigenvalue weighted by atomic mass is 9.96. The first-order valence-corrected chi connectivity index (χ1v) is 9.77. The number of amides is 1. The topological polar surface area (TPSA) is 76.6 Å². The molecule has 7 heteroatoms. The maximum atomic E-state index is 13.2. The van der Waals surface area contributed by atoms with Crippen molar-refractivity contribution in [1.29, 1.82) is 0 Å². The van der Waals surface area contributed by atoms with Gasteiger partial charge in [0, 0.05) is 37.2 Å². The van der Waals surface area contributed by atoms with Gasteiger partial charge in [-0.3, -0.25) is 4.79 Å². The first kappa shape index (κ1) is 18.7. The van der Waals surface area contributed by atoms with E-state index in [4.69, 9.17) is 14.5 Å². The van der Waals surface area contributed by atoms with Crippen LogP contribution in [0.1, 0.15) is 46.2 Å². The molecule has 4 rings (SSSR count). The molecule has 0 radical (unpaired) electrons. The summed E-state index contributed by atoms with van der Waals surface area (Å²) in [6.07, 6.45) is 4.80. The average molecular weight is 382 g/mol. The van der Waals surface area contributed by atoms with Crippen molar-refractivity contribution in [2.45, 2.75) is 31.7 Å². The minimum Gasteiger partial charge on any atom is -0.496 e. The molecule has 28 heavy (non-hydrogen) atoms. The van der Waals surface area contributed by atoms with Crippen LogP contribution in [0.5, 0.6) is 11.5 Å². The first-order valence-electron chi connectivity index (χ1n) is 9.77. The Morgan fingerprint density at radius 2 is 1.89 bits per heavy atom. The number of rotatable bonds is 4. The number of hydrogen-bond donors (Lipinski definition) is 1. The Morgan fingerprint density at radius 3 is 2.57 bits per heavy atom. The van der Waals surface area contributed by atoms with Gasteiger partial charge in [-0.2, -0.15) is 0 Å². The zero-order chi connectivity index (χ0) is 19.5. The molecule has 7 nitrogen and oxygen atoms in total. The van der Waals surface area contributed by atoms with Gasteiger partial charge in [0.25, 0.3) is 5.91 Å². The monoisotopic (exact) mass is 382 g/mol. The van der Waals surface area contributed by atoms with Gasteiger partial charge in [-0.05, 0) is 38.1 Å². The number of piperidine rings is 1. The number of hydrogen-bond acceptors (Lipinski definition) is 6. The largest absolute Gasteiger partial charge is 0.496 e. The molecule has 3 heterocycles. The Bertz CT molecular complexity index is 842. The quantitative estimate of drug-likeness (QED) is 0.873. The maximum absolute atomic E-state index is 13.2. The van der Waals surface area contributed by atoms with E-state index in [1.54, 1.807) is 26.4 Å². The molecule has 0 spiro atoms. The molecule has 1 saturated heterocycles. The standard InChI is InChI=1S/C21H26N4O3/c1-27-17-4-3-5-18(28-2)19(17)21(26)25-11-8-16-15(13-25)12-23-20(24-16)14-6-9-22-10-7-14/h3-5,12,14,22H,6-11,13H2,1-2H3. The van der Waals surface area contributed by atoms with E-state index in [2.05, 4.69) is 10.3 Å². The third kappa shape index (κ3) is 3.54. The van der Waals surface area contributed by atoms with Crippen LogP contribution in [0.4, 0.5) is 0 Å². The molecule has 2 aromatic rings. The van der Waals surface area contributed by atoms with Crippen LogP contribution in [0.15, 0.2) is 24.4 Å². The Hall–Kier alpha value is -2.67. The smallest absolute Gasteiger partial charge is 0.261 e. The highest BCUT2D eigenvalue weighted by atomic mass is 16.5. The minimum absolute atomic E-state index is 0.0950. The normalized spacial score (nSPS) is 17.1. The van der Waals surface area contributed by atoms with E-state index in [-0.39, 0.29) is 5.91 Å². The number of carbonyl (C=O) groups excluding carboxylic acids is 1. The zero-order valence-corrected chi connectivity index (χ0v) is 16.4. The fourth-order valence-corrected chi connectivity index (χ4v) is 4.00. The van der Waals surface area contributed by atoms with E-state index in [0.717, 1.165) is 49.4 Å². The van der Waals surface area contributed by atoms with Gasteiger partial charge in [-0.1, -0.05) is 6.07 Å². The fraction of sp³-hybridized carbons (Fsp3) is 0.476. The third-order valence-corrected chi connectivity index (χ3v) is 5.59. The molecule has 1 aromatic heterocycles. The predicted octanol–water partition coefficient (Wildman–Crippen LogP) is 2.16. The van der Waals surface area contributed by atoms with Crippen molar-refractivity contribution in [2.24, 2.45) is 0 Å². The zero-order valence-electron chi connectivity index (χ0n) is 16.4. The van der Waals surface area contributed by atoms with Crippen molar-refractivity contribution in [3.8, 4) is 11.5 Å². The van der Waals surface area contributed by atoms with Gasteiger partial charge in [0.2, 0.25) is 0 Å². The van der Waals surface area contributed by atoms with Crippen LogP contribution >= 0.6 is 0 Å². The summed E-state index contributed by atoms with van der Waals surface area (Å²) in [5, 5.41) is 3.38. The Morgan fingerprint density at radius 1 is 1.18 bits per heavy atom. The molecule has 1 amide bonds. The molecular weight excluding hydrogens is 356 g/mol. The Labute approximate surface area is 165 Å². The van der Waals surface area contributed by atoms with Crippen LogP contribution in [0.2, 0.25) is 0 Å². The van der Waals surface area contributed by atoms with Gasteiger partial charge in [-0.25, -0.2) is 9.97 Å². The summed E-state index contributed by atoms with van der Waals surface area (Å²) in [6, 6.07) is 5.38. The van der Waals surface area contributed by atoms with Crippen molar-refractivity contribution in [1.82, 2.24) is 20.2 Å². The molecule has 148 valence electrons. The minimum atomic E-state index is -0.0950. The molecule has 0 bridgehead atoms. The summed E-state index contributed by atoms with van der Waals surface area (Å²) in [5.41, 5.74) is 2.55. The number of benzene rings is 1. The highest BCUT2D eigenvalue weighted by Crippen LogP contribution is 2.31. The van der Waals surface area contributed by atoms with Gasteiger partial charge >= 0.3 is 0 Å². The van der Waals surface area contributed by atoms with E-state index in [1.807, 2.05) is 17.2 Å². The second kappa shape index (κ2) is 8.14. The van der Waals surface area contributed by atoms with Crippen LogP contribution in [-0.4, -0.2) is 54.6 Å². The van der Waals surface area contributed by atoms with E-state index in [1.165, 1.54) is 0 Å². The molecule has 0 atom stereocenters. The van der Waals surface area contributed by atoms with Gasteiger partial charge in [0.05, 0.1) is 19.9 Å². The number of nitrogens with zero attached hydrogens (tertiary/aromatic N) is 3. The molecule has 1 N–H and O–H groups in total. The average Bonchev–Trinajstić information content (AvgIpc) is 2.77. The number of ether oxygens (including phenoxy) is 2. The summed E-state index contributed by atoms with van der Waals surface area (Å²) in [7, 11) is 3.13. The van der Waals surface area contributed by atoms with Gasteiger partial charge in [0.15, 0.2) is 0 Å². The lowest BCUT2D eigenvalue weighted by Crippen LogP contribution is -2.37. The number of nitrogens with one attached hydrogen (secondary N) is 1. The highest BCUT2D eigenvalue weighted by Gasteiger charge is 2.28. The van der Waals surface area contributed by atoms with E-state index < -0.39 is 0 Å². The number of methoxy groups -OCH3 is 2. The van der Waals surface area contributed by atoms with Crippen LogP contribution < -0.4 is 14.8 Å². The summed E-state index contributed by atoms with van der Waals surface area (Å²) in [4.78, 5) is 24.5. The van der Waals surface area contributed by atoms with Crippen LogP contribution in [0.3, 0.4) is 0 Å². The predicted molar refractivity (Wildman–Crippen MR) is 105 cm³/mol. The maximum Gasteiger partial charge on any atom is 0.261 e. The molecule has 0 saturated carbocycles. The van der Waals surface area contributed by atoms with E-state index in [9.17, 15) is 4.79 Å². The van der Waals surface area contributed by atoms with Crippen molar-refractivity contribution >= 4 is 5.91 Å². The highest BCUT2D eigenvalue weighted by molar-refractivity contribution is 5.99. The van der Waals surface area contributed by atoms with Crippen molar-refractivity contribution in [3.63, 3.8) is 0 Å². The summed E-state index contributed by atoms with van der Waals surface area (Å²) < 4.78 is 10.8. The van der Waals surface area contributed by atoms with Gasteiger partial charge in [0.1, 0.15) is 22.9 Å². The Balaban J connectivity index is 1.55. The lowest BCUT2D eigenvalue weighted by Gasteiger charge is -2.30. The third-order valence-electron chi connectivity index (χ3n) is 5.59. The van der Waals surface area contributed by atoms with E-state index in [0.29, 0.717) is 36.1 Å². The molecule has 1 aromatic carbocycles. The summed E-state index contributed by atoms with van der Waals surface area (Å²) in [5.74, 6) is 2.33. The van der Waals surface area contributed by atoms with Gasteiger partial charge < -0.3 is 19.7 Å². The number of carbonyl (C=O) groups is 1. The summed E-state index contributed by atoms with van der Waals surface area (Å²) in [6.45, 7) is 3.17. The molecule has 2 aliphatic heterocycles. The molecule has 0 aliphatic carbocycles. The Kier molecular flexibility index (Phi) is 5.43. The number of aromatic nitrogens is 2. The van der Waals surface area contributed by atoms with Crippen LogP contribution in [0, 0.1) is 0 Å². The molecule has 0 unspecified atom stereocenters. The molecule has 2 aliphatic rings. The fourth-order valence-electron chi connectivity index (χ4n) is 4.00. The molecular formula is C21H26N4O3.